The standard InChI is InChI=1S/C16H11N3O/c20-11-16-14(12-3-1-7-17-9-12)5-6-15(19-16)13-4-2-8-18-10-13/h1-11H. The normalized spacial score (nSPS) is 10.2. The van der Waals surface area contributed by atoms with Crippen molar-refractivity contribution in [1.29, 1.82) is 0 Å². The summed E-state index contributed by atoms with van der Waals surface area (Å²) in [5.41, 5.74) is 3.67. The Morgan fingerprint density at radius 3 is 2.15 bits per heavy atom. The number of hydrogen-bond acceptors (Lipinski definition) is 4. The molecule has 4 heteroatoms. The van der Waals surface area contributed by atoms with Crippen molar-refractivity contribution < 1.29 is 4.79 Å². The molecule has 0 atom stereocenters. The van der Waals surface area contributed by atoms with E-state index >= 15 is 0 Å². The first-order valence-corrected chi connectivity index (χ1v) is 6.15. The maximum atomic E-state index is 11.3. The molecule has 0 aliphatic heterocycles. The first-order chi connectivity index (χ1) is 9.88. The molecule has 0 aromatic carbocycles. The van der Waals surface area contributed by atoms with Crippen LogP contribution in [0.1, 0.15) is 10.5 Å². The van der Waals surface area contributed by atoms with Crippen molar-refractivity contribution in [3.63, 3.8) is 0 Å². The Morgan fingerprint density at radius 2 is 1.55 bits per heavy atom. The summed E-state index contributed by atoms with van der Waals surface area (Å²) in [6.07, 6.45) is 7.60. The smallest absolute Gasteiger partial charge is 0.169 e. The van der Waals surface area contributed by atoms with E-state index in [1.807, 2.05) is 36.4 Å². The van der Waals surface area contributed by atoms with Crippen LogP contribution in [-0.2, 0) is 0 Å². The highest BCUT2D eigenvalue weighted by molar-refractivity contribution is 5.86. The minimum Gasteiger partial charge on any atom is -0.296 e. The van der Waals surface area contributed by atoms with Gasteiger partial charge in [-0.05, 0) is 30.3 Å². The van der Waals surface area contributed by atoms with E-state index in [4.69, 9.17) is 0 Å². The molecule has 0 aliphatic rings. The lowest BCUT2D eigenvalue weighted by molar-refractivity contribution is 0.112. The molecule has 0 N–H and O–H groups in total. The van der Waals surface area contributed by atoms with E-state index in [2.05, 4.69) is 15.0 Å². The van der Waals surface area contributed by atoms with E-state index in [-0.39, 0.29) is 0 Å². The minimum absolute atomic E-state index is 0.402. The van der Waals surface area contributed by atoms with Gasteiger partial charge in [-0.1, -0.05) is 6.07 Å². The van der Waals surface area contributed by atoms with Crippen molar-refractivity contribution in [1.82, 2.24) is 15.0 Å². The molecule has 20 heavy (non-hydrogen) atoms. The van der Waals surface area contributed by atoms with Gasteiger partial charge in [0.15, 0.2) is 6.29 Å². The number of aldehydes is 1. The summed E-state index contributed by atoms with van der Waals surface area (Å²) < 4.78 is 0. The lowest BCUT2D eigenvalue weighted by Gasteiger charge is -2.06. The molecule has 0 bridgehead atoms. The Kier molecular flexibility index (Phi) is 3.29. The molecule has 0 aliphatic carbocycles. The average Bonchev–Trinajstić information content (AvgIpc) is 2.56. The molecule has 0 saturated heterocycles. The molecular formula is C16H11N3O. The van der Waals surface area contributed by atoms with E-state index in [1.54, 1.807) is 24.8 Å². The van der Waals surface area contributed by atoms with Crippen LogP contribution in [0.2, 0.25) is 0 Å². The highest BCUT2D eigenvalue weighted by atomic mass is 16.1. The third-order valence-electron chi connectivity index (χ3n) is 2.97. The second kappa shape index (κ2) is 5.40. The van der Waals surface area contributed by atoms with Crippen molar-refractivity contribution in [2.24, 2.45) is 0 Å². The number of nitrogens with zero attached hydrogens (tertiary/aromatic N) is 3. The lowest BCUT2D eigenvalue weighted by Crippen LogP contribution is -1.95. The van der Waals surface area contributed by atoms with Crippen LogP contribution in [0.5, 0.6) is 0 Å². The Morgan fingerprint density at radius 1 is 0.850 bits per heavy atom. The van der Waals surface area contributed by atoms with Gasteiger partial charge < -0.3 is 0 Å². The van der Waals surface area contributed by atoms with Gasteiger partial charge >= 0.3 is 0 Å². The number of aromatic nitrogens is 3. The fraction of sp³-hybridized carbons (Fsp3) is 0. The number of pyridine rings is 3. The van der Waals surface area contributed by atoms with Crippen LogP contribution >= 0.6 is 0 Å². The zero-order chi connectivity index (χ0) is 13.8. The first-order valence-electron chi connectivity index (χ1n) is 6.15. The van der Waals surface area contributed by atoms with Gasteiger partial charge in [-0.15, -0.1) is 0 Å². The molecule has 4 nitrogen and oxygen atoms in total. The van der Waals surface area contributed by atoms with Crippen molar-refractivity contribution in [2.75, 3.05) is 0 Å². The Bertz CT molecular complexity index is 727. The highest BCUT2D eigenvalue weighted by Crippen LogP contribution is 2.24. The number of carbonyl (C=O) groups is 1. The van der Waals surface area contributed by atoms with Crippen molar-refractivity contribution in [3.05, 3.63) is 66.9 Å². The summed E-state index contributed by atoms with van der Waals surface area (Å²) in [7, 11) is 0. The molecule has 0 fully saturated rings. The van der Waals surface area contributed by atoms with Crippen LogP contribution in [0.4, 0.5) is 0 Å². The molecule has 0 unspecified atom stereocenters. The summed E-state index contributed by atoms with van der Waals surface area (Å²) in [5.74, 6) is 0. The minimum atomic E-state index is 0.402. The highest BCUT2D eigenvalue weighted by Gasteiger charge is 2.08. The van der Waals surface area contributed by atoms with Gasteiger partial charge in [0.05, 0.1) is 5.69 Å². The van der Waals surface area contributed by atoms with Gasteiger partial charge in [0, 0.05) is 41.5 Å². The van der Waals surface area contributed by atoms with Crippen LogP contribution < -0.4 is 0 Å². The summed E-state index contributed by atoms with van der Waals surface area (Å²) in [4.78, 5) is 23.8. The molecule has 0 radical (unpaired) electrons. The fourth-order valence-corrected chi connectivity index (χ4v) is 2.01. The van der Waals surface area contributed by atoms with Crippen LogP contribution in [0.25, 0.3) is 22.4 Å². The van der Waals surface area contributed by atoms with Crippen LogP contribution in [0.15, 0.2) is 61.2 Å². The number of rotatable bonds is 3. The molecule has 3 heterocycles. The van der Waals surface area contributed by atoms with Crippen LogP contribution in [-0.4, -0.2) is 21.2 Å². The zero-order valence-corrected chi connectivity index (χ0v) is 10.6. The fourth-order valence-electron chi connectivity index (χ4n) is 2.01. The monoisotopic (exact) mass is 261 g/mol. The third-order valence-corrected chi connectivity index (χ3v) is 2.97. The van der Waals surface area contributed by atoms with Crippen molar-refractivity contribution in [2.45, 2.75) is 0 Å². The van der Waals surface area contributed by atoms with E-state index < -0.39 is 0 Å². The summed E-state index contributed by atoms with van der Waals surface area (Å²) in [6, 6.07) is 11.3. The SMILES string of the molecule is O=Cc1nc(-c2cccnc2)ccc1-c1cccnc1. The van der Waals surface area contributed by atoms with Gasteiger partial charge in [0.2, 0.25) is 0 Å². The zero-order valence-electron chi connectivity index (χ0n) is 10.6. The summed E-state index contributed by atoms with van der Waals surface area (Å²) in [5, 5.41) is 0. The summed E-state index contributed by atoms with van der Waals surface area (Å²) in [6.45, 7) is 0. The van der Waals surface area contributed by atoms with Crippen LogP contribution in [0.3, 0.4) is 0 Å². The van der Waals surface area contributed by atoms with Gasteiger partial charge in [-0.2, -0.15) is 0 Å². The van der Waals surface area contributed by atoms with Crippen LogP contribution in [0, 0.1) is 0 Å². The Hall–Kier alpha value is -2.88. The summed E-state index contributed by atoms with van der Waals surface area (Å²) >= 11 is 0. The second-order valence-electron chi connectivity index (χ2n) is 4.23. The molecule has 0 amide bonds. The van der Waals surface area contributed by atoms with E-state index in [9.17, 15) is 4.79 Å². The second-order valence-corrected chi connectivity index (χ2v) is 4.23. The topological polar surface area (TPSA) is 55.7 Å². The maximum Gasteiger partial charge on any atom is 0.169 e. The van der Waals surface area contributed by atoms with E-state index in [0.717, 1.165) is 28.7 Å². The maximum absolute atomic E-state index is 11.3. The van der Waals surface area contributed by atoms with Crippen molar-refractivity contribution in [3.8, 4) is 22.4 Å². The van der Waals surface area contributed by atoms with Gasteiger partial charge in [0.25, 0.3) is 0 Å². The molecular weight excluding hydrogens is 250 g/mol. The predicted octanol–water partition coefficient (Wildman–Crippen LogP) is 3.02. The lowest BCUT2D eigenvalue weighted by atomic mass is 10.0. The Balaban J connectivity index is 2.10. The molecule has 3 rings (SSSR count). The molecule has 96 valence electrons. The van der Waals surface area contributed by atoms with Gasteiger partial charge in [0.1, 0.15) is 5.69 Å². The Labute approximate surface area is 116 Å². The number of hydrogen-bond donors (Lipinski definition) is 0. The predicted molar refractivity (Wildman–Crippen MR) is 76.1 cm³/mol. The molecule has 0 saturated carbocycles. The van der Waals surface area contributed by atoms with Crippen molar-refractivity contribution >= 4 is 6.29 Å². The molecule has 3 aromatic heterocycles. The van der Waals surface area contributed by atoms with Gasteiger partial charge in [-0.25, -0.2) is 4.98 Å². The molecule has 0 spiro atoms. The quantitative estimate of drug-likeness (QED) is 0.680. The van der Waals surface area contributed by atoms with E-state index in [0.29, 0.717) is 5.69 Å². The first kappa shape index (κ1) is 12.2. The van der Waals surface area contributed by atoms with E-state index in [1.165, 1.54) is 0 Å². The van der Waals surface area contributed by atoms with Gasteiger partial charge in [-0.3, -0.25) is 14.8 Å². The molecule has 3 aromatic rings. The average molecular weight is 261 g/mol. The number of carbonyl (C=O) groups excluding carboxylic acids is 1. The largest absolute Gasteiger partial charge is 0.296 e. The third kappa shape index (κ3) is 2.31.